The molecule has 7 heteroatoms. The maximum atomic E-state index is 5.95. The summed E-state index contributed by atoms with van der Waals surface area (Å²) in [6.07, 6.45) is 1.46. The van der Waals surface area contributed by atoms with Crippen molar-refractivity contribution in [3.8, 4) is 22.8 Å². The maximum Gasteiger partial charge on any atom is 0.223 e. The Labute approximate surface area is 107 Å². The molecule has 0 bridgehead atoms. The predicted molar refractivity (Wildman–Crippen MR) is 65.6 cm³/mol. The Morgan fingerprint density at radius 1 is 1.06 bits per heavy atom. The van der Waals surface area contributed by atoms with Crippen LogP contribution in [0.5, 0.6) is 0 Å². The molecule has 0 spiro atoms. The lowest BCUT2D eigenvalue weighted by Gasteiger charge is -2.01. The van der Waals surface area contributed by atoms with Gasteiger partial charge >= 0.3 is 0 Å². The molecule has 0 saturated carbocycles. The van der Waals surface area contributed by atoms with Crippen LogP contribution >= 0.6 is 11.6 Å². The number of H-pyrrole nitrogens is 1. The second kappa shape index (κ2) is 4.50. The van der Waals surface area contributed by atoms with E-state index in [0.717, 1.165) is 11.3 Å². The minimum absolute atomic E-state index is 0.431. The lowest BCUT2D eigenvalue weighted by Crippen LogP contribution is -1.90. The highest BCUT2D eigenvalue weighted by atomic mass is 35.5. The molecule has 2 heterocycles. The van der Waals surface area contributed by atoms with Gasteiger partial charge in [-0.3, -0.25) is 0 Å². The summed E-state index contributed by atoms with van der Waals surface area (Å²) < 4.78 is 0. The van der Waals surface area contributed by atoms with Gasteiger partial charge < -0.3 is 0 Å². The van der Waals surface area contributed by atoms with Crippen molar-refractivity contribution in [1.29, 1.82) is 0 Å². The largest absolute Gasteiger partial charge is 0.236 e. The average Bonchev–Trinajstić information content (AvgIpc) is 2.93. The van der Waals surface area contributed by atoms with Crippen molar-refractivity contribution >= 4 is 11.6 Å². The monoisotopic (exact) mass is 258 g/mol. The third kappa shape index (κ3) is 2.05. The normalized spacial score (nSPS) is 10.5. The quantitative estimate of drug-likeness (QED) is 0.760. The first-order valence-electron chi connectivity index (χ1n) is 5.15. The Morgan fingerprint density at radius 2 is 1.94 bits per heavy atom. The molecule has 0 saturated heterocycles. The number of hydrogen-bond acceptors (Lipinski definition) is 5. The molecule has 0 atom stereocenters. The van der Waals surface area contributed by atoms with Gasteiger partial charge in [0.2, 0.25) is 5.82 Å². The minimum atomic E-state index is 0.431. The van der Waals surface area contributed by atoms with E-state index in [9.17, 15) is 0 Å². The van der Waals surface area contributed by atoms with Crippen LogP contribution in [0.2, 0.25) is 5.02 Å². The zero-order valence-corrected chi connectivity index (χ0v) is 9.83. The molecular weight excluding hydrogens is 252 g/mol. The molecule has 0 aliphatic heterocycles. The number of rotatable bonds is 2. The van der Waals surface area contributed by atoms with E-state index < -0.39 is 0 Å². The van der Waals surface area contributed by atoms with Gasteiger partial charge in [-0.25, -0.2) is 9.97 Å². The summed E-state index contributed by atoms with van der Waals surface area (Å²) >= 11 is 5.95. The fourth-order valence-electron chi connectivity index (χ4n) is 1.56. The van der Waals surface area contributed by atoms with Crippen LogP contribution in [-0.2, 0) is 0 Å². The fraction of sp³-hybridized carbons (Fsp3) is 0. The van der Waals surface area contributed by atoms with Gasteiger partial charge in [0, 0.05) is 10.6 Å². The number of nitrogens with one attached hydrogen (secondary N) is 1. The first-order chi connectivity index (χ1) is 8.83. The van der Waals surface area contributed by atoms with Gasteiger partial charge in [0.25, 0.3) is 0 Å². The van der Waals surface area contributed by atoms with Gasteiger partial charge in [0.05, 0.1) is 5.69 Å². The van der Waals surface area contributed by atoms with E-state index in [4.69, 9.17) is 11.6 Å². The number of benzene rings is 1. The SMILES string of the molecule is Clc1cccc(-c2cc(-c3nn[nH]n3)ncn2)c1. The van der Waals surface area contributed by atoms with Crippen LogP contribution in [0.1, 0.15) is 0 Å². The molecule has 0 aliphatic rings. The molecule has 3 rings (SSSR count). The molecule has 88 valence electrons. The number of nitrogens with zero attached hydrogens (tertiary/aromatic N) is 5. The van der Waals surface area contributed by atoms with Crippen molar-refractivity contribution < 1.29 is 0 Å². The predicted octanol–water partition coefficient (Wildman–Crippen LogP) is 1.98. The molecule has 2 aromatic heterocycles. The highest BCUT2D eigenvalue weighted by molar-refractivity contribution is 6.30. The maximum absolute atomic E-state index is 5.95. The topological polar surface area (TPSA) is 80.2 Å². The van der Waals surface area contributed by atoms with Crippen LogP contribution < -0.4 is 0 Å². The molecule has 6 nitrogen and oxygen atoms in total. The van der Waals surface area contributed by atoms with Crippen LogP contribution in [0.15, 0.2) is 36.7 Å². The molecule has 1 N–H and O–H groups in total. The number of hydrogen-bond donors (Lipinski definition) is 1. The van der Waals surface area contributed by atoms with Crippen LogP contribution in [0.25, 0.3) is 22.8 Å². The van der Waals surface area contributed by atoms with Crippen molar-refractivity contribution in [3.05, 3.63) is 41.7 Å². The molecule has 1 aromatic carbocycles. The van der Waals surface area contributed by atoms with Gasteiger partial charge in [0.1, 0.15) is 12.0 Å². The van der Waals surface area contributed by atoms with Gasteiger partial charge in [-0.05, 0) is 23.4 Å². The van der Waals surface area contributed by atoms with E-state index in [1.54, 1.807) is 6.07 Å². The second-order valence-electron chi connectivity index (χ2n) is 3.53. The van der Waals surface area contributed by atoms with Crippen LogP contribution in [0.4, 0.5) is 0 Å². The van der Waals surface area contributed by atoms with Crippen LogP contribution in [0, 0.1) is 0 Å². The number of aromatic nitrogens is 6. The van der Waals surface area contributed by atoms with E-state index >= 15 is 0 Å². The number of halogens is 1. The van der Waals surface area contributed by atoms with E-state index in [2.05, 4.69) is 30.6 Å². The van der Waals surface area contributed by atoms with Crippen LogP contribution in [-0.4, -0.2) is 30.6 Å². The van der Waals surface area contributed by atoms with Gasteiger partial charge in [0.15, 0.2) is 0 Å². The fourth-order valence-corrected chi connectivity index (χ4v) is 1.75. The van der Waals surface area contributed by atoms with Crippen molar-refractivity contribution in [2.75, 3.05) is 0 Å². The van der Waals surface area contributed by atoms with Crippen LogP contribution in [0.3, 0.4) is 0 Å². The summed E-state index contributed by atoms with van der Waals surface area (Å²) in [4.78, 5) is 8.31. The zero-order valence-electron chi connectivity index (χ0n) is 9.08. The third-order valence-corrected chi connectivity index (χ3v) is 2.60. The smallest absolute Gasteiger partial charge is 0.223 e. The summed E-state index contributed by atoms with van der Waals surface area (Å²) in [5.41, 5.74) is 2.27. The van der Waals surface area contributed by atoms with E-state index in [1.165, 1.54) is 6.33 Å². The number of tetrazole rings is 1. The first-order valence-corrected chi connectivity index (χ1v) is 5.52. The first kappa shape index (κ1) is 10.8. The standard InChI is InChI=1S/C11H7ClN6/c12-8-3-1-2-7(4-8)9-5-10(14-6-13-9)11-15-17-18-16-11/h1-6H,(H,15,16,17,18). The third-order valence-electron chi connectivity index (χ3n) is 2.36. The summed E-state index contributed by atoms with van der Waals surface area (Å²) in [6.45, 7) is 0. The molecule has 0 amide bonds. The van der Waals surface area contributed by atoms with E-state index in [1.807, 2.05) is 24.3 Å². The Kier molecular flexibility index (Phi) is 2.70. The Hall–Kier alpha value is -2.34. The number of aromatic amines is 1. The Balaban J connectivity index is 2.06. The lowest BCUT2D eigenvalue weighted by molar-refractivity contribution is 0.881. The minimum Gasteiger partial charge on any atom is -0.236 e. The van der Waals surface area contributed by atoms with E-state index in [-0.39, 0.29) is 0 Å². The summed E-state index contributed by atoms with van der Waals surface area (Å²) in [5, 5.41) is 14.3. The van der Waals surface area contributed by atoms with Crippen molar-refractivity contribution in [2.45, 2.75) is 0 Å². The molecule has 0 fully saturated rings. The lowest BCUT2D eigenvalue weighted by atomic mass is 10.1. The Morgan fingerprint density at radius 3 is 2.72 bits per heavy atom. The zero-order chi connectivity index (χ0) is 12.4. The summed E-state index contributed by atoms with van der Waals surface area (Å²) in [6, 6.07) is 9.23. The second-order valence-corrected chi connectivity index (χ2v) is 3.97. The van der Waals surface area contributed by atoms with Gasteiger partial charge in [-0.2, -0.15) is 5.21 Å². The van der Waals surface area contributed by atoms with Crippen molar-refractivity contribution in [2.24, 2.45) is 0 Å². The molecule has 18 heavy (non-hydrogen) atoms. The van der Waals surface area contributed by atoms with Gasteiger partial charge in [-0.15, -0.1) is 10.2 Å². The van der Waals surface area contributed by atoms with Gasteiger partial charge in [-0.1, -0.05) is 23.7 Å². The average molecular weight is 259 g/mol. The van der Waals surface area contributed by atoms with Crippen molar-refractivity contribution in [1.82, 2.24) is 30.6 Å². The highest BCUT2D eigenvalue weighted by Gasteiger charge is 2.07. The molecule has 0 aliphatic carbocycles. The van der Waals surface area contributed by atoms with E-state index in [0.29, 0.717) is 16.5 Å². The molecule has 0 unspecified atom stereocenters. The molecule has 0 radical (unpaired) electrons. The van der Waals surface area contributed by atoms with Crippen molar-refractivity contribution in [3.63, 3.8) is 0 Å². The summed E-state index contributed by atoms with van der Waals surface area (Å²) in [5.74, 6) is 0.431. The summed E-state index contributed by atoms with van der Waals surface area (Å²) in [7, 11) is 0. The molecular formula is C11H7ClN6. The molecule has 3 aromatic rings. The highest BCUT2D eigenvalue weighted by Crippen LogP contribution is 2.22. The Bertz CT molecular complexity index is 667.